The van der Waals surface area contributed by atoms with Gasteiger partial charge in [-0.1, -0.05) is 20.8 Å². The standard InChI is InChI=1S/C19H28N2O2Si/c1-14(23-24(5,6)19(2,3)4)13-21-18-15(12-20-21)9-10-17-16(18)8-7-11-22-17/h7-10,12,14H,11,13H2,1-6H3. The van der Waals surface area contributed by atoms with E-state index in [4.69, 9.17) is 9.16 Å². The van der Waals surface area contributed by atoms with Gasteiger partial charge in [0.15, 0.2) is 8.32 Å². The van der Waals surface area contributed by atoms with E-state index in [1.807, 2.05) is 12.3 Å². The van der Waals surface area contributed by atoms with Crippen LogP contribution in [0.4, 0.5) is 0 Å². The number of benzene rings is 1. The van der Waals surface area contributed by atoms with E-state index < -0.39 is 8.32 Å². The maximum atomic E-state index is 6.50. The van der Waals surface area contributed by atoms with Crippen molar-refractivity contribution in [2.24, 2.45) is 0 Å². The zero-order valence-corrected chi connectivity index (χ0v) is 16.6. The molecule has 0 fully saturated rings. The molecule has 0 bridgehead atoms. The average Bonchev–Trinajstić information content (AvgIpc) is 2.89. The lowest BCUT2D eigenvalue weighted by Crippen LogP contribution is -2.44. The van der Waals surface area contributed by atoms with Crippen molar-refractivity contribution in [3.05, 3.63) is 30.0 Å². The van der Waals surface area contributed by atoms with Gasteiger partial charge in [0.2, 0.25) is 0 Å². The molecule has 130 valence electrons. The largest absolute Gasteiger partial charge is 0.489 e. The number of hydrogen-bond donors (Lipinski definition) is 0. The molecule has 0 saturated heterocycles. The highest BCUT2D eigenvalue weighted by Crippen LogP contribution is 2.37. The molecule has 1 aliphatic rings. The third-order valence-electron chi connectivity index (χ3n) is 5.15. The molecule has 1 aromatic heterocycles. The second kappa shape index (κ2) is 6.04. The fourth-order valence-electron chi connectivity index (χ4n) is 2.88. The third kappa shape index (κ3) is 3.15. The quantitative estimate of drug-likeness (QED) is 0.744. The zero-order chi connectivity index (χ0) is 17.5. The number of aromatic nitrogens is 2. The highest BCUT2D eigenvalue weighted by atomic mass is 28.4. The van der Waals surface area contributed by atoms with Crippen LogP contribution in [0.1, 0.15) is 33.3 Å². The summed E-state index contributed by atoms with van der Waals surface area (Å²) in [6.45, 7) is 14.9. The first-order chi connectivity index (χ1) is 11.2. The van der Waals surface area contributed by atoms with Gasteiger partial charge in [-0.3, -0.25) is 4.68 Å². The van der Waals surface area contributed by atoms with Crippen molar-refractivity contribution in [1.82, 2.24) is 9.78 Å². The topological polar surface area (TPSA) is 36.3 Å². The first-order valence-electron chi connectivity index (χ1n) is 8.65. The van der Waals surface area contributed by atoms with Gasteiger partial charge in [0.1, 0.15) is 12.4 Å². The molecule has 0 spiro atoms. The Labute approximate surface area is 145 Å². The van der Waals surface area contributed by atoms with Gasteiger partial charge in [0, 0.05) is 10.9 Å². The summed E-state index contributed by atoms with van der Waals surface area (Å²) in [6.07, 6.45) is 6.24. The summed E-state index contributed by atoms with van der Waals surface area (Å²) in [5.41, 5.74) is 2.25. The second-order valence-electron chi connectivity index (χ2n) is 8.14. The maximum Gasteiger partial charge on any atom is 0.192 e. The predicted octanol–water partition coefficient (Wildman–Crippen LogP) is 4.85. The molecule has 2 heterocycles. The Morgan fingerprint density at radius 1 is 1.33 bits per heavy atom. The van der Waals surface area contributed by atoms with Crippen LogP contribution >= 0.6 is 0 Å². The lowest BCUT2D eigenvalue weighted by molar-refractivity contribution is 0.176. The smallest absolute Gasteiger partial charge is 0.192 e. The third-order valence-corrected chi connectivity index (χ3v) is 9.76. The van der Waals surface area contributed by atoms with E-state index in [1.165, 1.54) is 0 Å². The number of rotatable bonds is 4. The lowest BCUT2D eigenvalue weighted by Gasteiger charge is -2.38. The molecule has 0 radical (unpaired) electrons. The normalized spacial score (nSPS) is 16.1. The minimum absolute atomic E-state index is 0.123. The first-order valence-corrected chi connectivity index (χ1v) is 11.6. The molecule has 2 aromatic rings. The Hall–Kier alpha value is -1.59. The Morgan fingerprint density at radius 3 is 2.79 bits per heavy atom. The van der Waals surface area contributed by atoms with Crippen LogP contribution in [0.5, 0.6) is 5.75 Å². The molecule has 0 aliphatic carbocycles. The Morgan fingerprint density at radius 2 is 2.08 bits per heavy atom. The molecule has 24 heavy (non-hydrogen) atoms. The fourth-order valence-corrected chi connectivity index (χ4v) is 4.31. The molecule has 0 N–H and O–H groups in total. The lowest BCUT2D eigenvalue weighted by atomic mass is 10.1. The van der Waals surface area contributed by atoms with E-state index in [0.29, 0.717) is 6.61 Å². The summed E-state index contributed by atoms with van der Waals surface area (Å²) in [6, 6.07) is 4.11. The molecule has 1 unspecified atom stereocenters. The van der Waals surface area contributed by atoms with Crippen LogP contribution in [0, 0.1) is 0 Å². The highest BCUT2D eigenvalue weighted by Gasteiger charge is 2.38. The van der Waals surface area contributed by atoms with E-state index in [0.717, 1.165) is 28.8 Å². The van der Waals surface area contributed by atoms with Gasteiger partial charge in [-0.25, -0.2) is 0 Å². The van der Waals surface area contributed by atoms with Crippen molar-refractivity contribution in [2.75, 3.05) is 6.61 Å². The average molecular weight is 345 g/mol. The minimum atomic E-state index is -1.78. The van der Waals surface area contributed by atoms with Crippen LogP contribution in [-0.4, -0.2) is 30.8 Å². The summed E-state index contributed by atoms with van der Waals surface area (Å²) in [5, 5.41) is 5.95. The number of hydrogen-bond acceptors (Lipinski definition) is 3. The van der Waals surface area contributed by atoms with Crippen molar-refractivity contribution >= 4 is 25.3 Å². The summed E-state index contributed by atoms with van der Waals surface area (Å²) < 4.78 is 14.3. The van der Waals surface area contributed by atoms with E-state index in [-0.39, 0.29) is 11.1 Å². The van der Waals surface area contributed by atoms with E-state index in [2.05, 4.69) is 68.8 Å². The zero-order valence-electron chi connectivity index (χ0n) is 15.6. The van der Waals surface area contributed by atoms with E-state index >= 15 is 0 Å². The first kappa shape index (κ1) is 17.2. The molecule has 0 amide bonds. The number of nitrogens with zero attached hydrogens (tertiary/aromatic N) is 2. The fraction of sp³-hybridized carbons (Fsp3) is 0.526. The summed E-state index contributed by atoms with van der Waals surface area (Å²) in [7, 11) is -1.78. The van der Waals surface area contributed by atoms with Crippen LogP contribution in [0.25, 0.3) is 17.0 Å². The Balaban J connectivity index is 1.87. The van der Waals surface area contributed by atoms with Crippen LogP contribution in [0.3, 0.4) is 0 Å². The molecule has 1 aliphatic heterocycles. The van der Waals surface area contributed by atoms with Crippen molar-refractivity contribution in [2.45, 2.75) is 58.5 Å². The molecule has 1 aromatic carbocycles. The number of fused-ring (bicyclic) bond motifs is 3. The maximum absolute atomic E-state index is 6.50. The highest BCUT2D eigenvalue weighted by molar-refractivity contribution is 6.74. The summed E-state index contributed by atoms with van der Waals surface area (Å²) in [4.78, 5) is 0. The van der Waals surface area contributed by atoms with E-state index in [9.17, 15) is 0 Å². The molecule has 5 heteroatoms. The molecular formula is C19H28N2O2Si. The minimum Gasteiger partial charge on any atom is -0.489 e. The predicted molar refractivity (Wildman–Crippen MR) is 102 cm³/mol. The monoisotopic (exact) mass is 344 g/mol. The van der Waals surface area contributed by atoms with Gasteiger partial charge >= 0.3 is 0 Å². The van der Waals surface area contributed by atoms with Gasteiger partial charge in [-0.2, -0.15) is 5.10 Å². The molecule has 4 nitrogen and oxygen atoms in total. The second-order valence-corrected chi connectivity index (χ2v) is 12.9. The Kier molecular flexibility index (Phi) is 4.34. The summed E-state index contributed by atoms with van der Waals surface area (Å²) >= 11 is 0. The number of ether oxygens (including phenoxy) is 1. The van der Waals surface area contributed by atoms with Crippen LogP contribution < -0.4 is 4.74 Å². The van der Waals surface area contributed by atoms with Crippen molar-refractivity contribution in [1.29, 1.82) is 0 Å². The Bertz CT molecular complexity index is 772. The van der Waals surface area contributed by atoms with Crippen LogP contribution in [0.15, 0.2) is 24.4 Å². The van der Waals surface area contributed by atoms with Gasteiger partial charge < -0.3 is 9.16 Å². The SMILES string of the molecule is CC(Cn1ncc2ccc3c(c21)C=CCO3)O[Si](C)(C)C(C)(C)C. The molecule has 0 saturated carbocycles. The van der Waals surface area contributed by atoms with Gasteiger partial charge in [0.25, 0.3) is 0 Å². The van der Waals surface area contributed by atoms with Crippen LogP contribution in [-0.2, 0) is 11.0 Å². The van der Waals surface area contributed by atoms with Gasteiger partial charge in [-0.15, -0.1) is 0 Å². The molecule has 1 atom stereocenters. The van der Waals surface area contributed by atoms with E-state index in [1.54, 1.807) is 0 Å². The van der Waals surface area contributed by atoms with Crippen molar-refractivity contribution in [3.63, 3.8) is 0 Å². The molecular weight excluding hydrogens is 316 g/mol. The van der Waals surface area contributed by atoms with Crippen LogP contribution in [0.2, 0.25) is 18.1 Å². The summed E-state index contributed by atoms with van der Waals surface area (Å²) in [5.74, 6) is 0.935. The van der Waals surface area contributed by atoms with Gasteiger partial charge in [0.05, 0.1) is 24.4 Å². The van der Waals surface area contributed by atoms with Gasteiger partial charge in [-0.05, 0) is 49.3 Å². The van der Waals surface area contributed by atoms with Crippen molar-refractivity contribution in [3.8, 4) is 5.75 Å². The van der Waals surface area contributed by atoms with Crippen molar-refractivity contribution < 1.29 is 9.16 Å². The molecule has 3 rings (SSSR count).